The zero-order valence-electron chi connectivity index (χ0n) is 12.0. The summed E-state index contributed by atoms with van der Waals surface area (Å²) in [6, 6.07) is 7.49. The lowest BCUT2D eigenvalue weighted by molar-refractivity contribution is 0.564. The van der Waals surface area contributed by atoms with Gasteiger partial charge in [0.05, 0.1) is 12.2 Å². The first-order chi connectivity index (χ1) is 10.1. The summed E-state index contributed by atoms with van der Waals surface area (Å²) in [5.41, 5.74) is 3.10. The number of hydrogen-bond donors (Lipinski definition) is 0. The Hall–Kier alpha value is -2.69. The lowest BCUT2D eigenvalue weighted by Crippen LogP contribution is -2.13. The maximum absolute atomic E-state index is 11.4. The minimum absolute atomic E-state index is 0.0173. The van der Waals surface area contributed by atoms with Crippen LogP contribution in [0.15, 0.2) is 60.0 Å². The number of nitrogens with zero attached hydrogens (tertiary/aromatic N) is 4. The summed E-state index contributed by atoms with van der Waals surface area (Å²) in [6.45, 7) is 2.09. The van der Waals surface area contributed by atoms with Crippen LogP contribution in [0.1, 0.15) is 18.5 Å². The van der Waals surface area contributed by atoms with Gasteiger partial charge < -0.3 is 4.57 Å². The van der Waals surface area contributed by atoms with Crippen molar-refractivity contribution in [2.75, 3.05) is 0 Å². The van der Waals surface area contributed by atoms with E-state index in [1.54, 1.807) is 30.1 Å². The van der Waals surface area contributed by atoms with Crippen LogP contribution in [0.4, 0.5) is 0 Å². The standard InChI is InChI=1S/C16H16N4O/c1-12(13-5-7-17-8-6-13)20-11-15(9-18-20)14-3-4-16(21)19(2)10-14/h3-12H,1-2H3. The van der Waals surface area contributed by atoms with E-state index in [0.717, 1.165) is 16.7 Å². The Kier molecular flexibility index (Phi) is 3.39. The summed E-state index contributed by atoms with van der Waals surface area (Å²) in [6.07, 6.45) is 9.19. The van der Waals surface area contributed by atoms with Gasteiger partial charge in [-0.2, -0.15) is 5.10 Å². The molecule has 1 unspecified atom stereocenters. The highest BCUT2D eigenvalue weighted by molar-refractivity contribution is 5.60. The third kappa shape index (κ3) is 2.63. The van der Waals surface area contributed by atoms with Crippen LogP contribution in [0.5, 0.6) is 0 Å². The Labute approximate surface area is 122 Å². The van der Waals surface area contributed by atoms with E-state index in [1.165, 1.54) is 0 Å². The molecule has 0 fully saturated rings. The second-order valence-electron chi connectivity index (χ2n) is 5.03. The third-order valence-electron chi connectivity index (χ3n) is 3.61. The van der Waals surface area contributed by atoms with Crippen molar-refractivity contribution < 1.29 is 0 Å². The molecule has 0 saturated heterocycles. The smallest absolute Gasteiger partial charge is 0.250 e. The molecule has 3 rings (SSSR count). The van der Waals surface area contributed by atoms with Gasteiger partial charge in [-0.3, -0.25) is 14.5 Å². The fourth-order valence-corrected chi connectivity index (χ4v) is 2.26. The molecule has 3 heterocycles. The van der Waals surface area contributed by atoms with Crippen molar-refractivity contribution >= 4 is 0 Å². The van der Waals surface area contributed by atoms with E-state index in [1.807, 2.05) is 41.5 Å². The molecule has 0 amide bonds. The molecule has 3 aromatic rings. The fourth-order valence-electron chi connectivity index (χ4n) is 2.26. The first kappa shape index (κ1) is 13.3. The Morgan fingerprint density at radius 2 is 1.81 bits per heavy atom. The van der Waals surface area contributed by atoms with Gasteiger partial charge >= 0.3 is 0 Å². The zero-order valence-corrected chi connectivity index (χ0v) is 12.0. The Bertz CT molecular complexity index is 804. The summed E-state index contributed by atoms with van der Waals surface area (Å²) in [7, 11) is 1.75. The molecule has 5 heteroatoms. The van der Waals surface area contributed by atoms with Gasteiger partial charge in [0.1, 0.15) is 0 Å². The highest BCUT2D eigenvalue weighted by Crippen LogP contribution is 2.21. The predicted octanol–water partition coefficient (Wildman–Crippen LogP) is 2.25. The molecule has 0 aliphatic rings. The lowest BCUT2D eigenvalue weighted by atomic mass is 10.1. The summed E-state index contributed by atoms with van der Waals surface area (Å²) < 4.78 is 3.48. The van der Waals surface area contributed by atoms with E-state index < -0.39 is 0 Å². The van der Waals surface area contributed by atoms with Gasteiger partial charge in [0, 0.05) is 49.0 Å². The average molecular weight is 280 g/mol. The molecule has 0 radical (unpaired) electrons. The van der Waals surface area contributed by atoms with Crippen LogP contribution in [-0.4, -0.2) is 19.3 Å². The third-order valence-corrected chi connectivity index (χ3v) is 3.61. The van der Waals surface area contributed by atoms with Gasteiger partial charge in [-0.1, -0.05) is 0 Å². The molecule has 0 aliphatic carbocycles. The predicted molar refractivity (Wildman–Crippen MR) is 81.0 cm³/mol. The molecule has 0 aliphatic heterocycles. The molecular formula is C16H16N4O. The van der Waals surface area contributed by atoms with Gasteiger partial charge in [0.15, 0.2) is 0 Å². The molecule has 21 heavy (non-hydrogen) atoms. The van der Waals surface area contributed by atoms with E-state index in [2.05, 4.69) is 17.0 Å². The lowest BCUT2D eigenvalue weighted by Gasteiger charge is -2.11. The van der Waals surface area contributed by atoms with Crippen molar-refractivity contribution in [1.29, 1.82) is 0 Å². The van der Waals surface area contributed by atoms with Crippen LogP contribution in [-0.2, 0) is 7.05 Å². The van der Waals surface area contributed by atoms with Crippen molar-refractivity contribution in [3.63, 3.8) is 0 Å². The summed E-state index contributed by atoms with van der Waals surface area (Å²) in [5, 5.41) is 4.43. The molecule has 0 saturated carbocycles. The molecule has 1 atom stereocenters. The van der Waals surface area contributed by atoms with Crippen molar-refractivity contribution in [3.05, 3.63) is 71.2 Å². The quantitative estimate of drug-likeness (QED) is 0.739. The number of pyridine rings is 2. The topological polar surface area (TPSA) is 52.7 Å². The number of aromatic nitrogens is 4. The monoisotopic (exact) mass is 280 g/mol. The maximum Gasteiger partial charge on any atom is 0.250 e. The van der Waals surface area contributed by atoms with Crippen molar-refractivity contribution in [2.45, 2.75) is 13.0 Å². The minimum atomic E-state index is -0.0173. The number of rotatable bonds is 3. The van der Waals surface area contributed by atoms with Crippen LogP contribution in [0.2, 0.25) is 0 Å². The SMILES string of the molecule is CC(c1ccncc1)n1cc(-c2ccc(=O)n(C)c2)cn1. The van der Waals surface area contributed by atoms with Gasteiger partial charge in [-0.05, 0) is 30.7 Å². The summed E-state index contributed by atoms with van der Waals surface area (Å²) in [4.78, 5) is 15.5. The molecule has 0 N–H and O–H groups in total. The number of aryl methyl sites for hydroxylation is 1. The molecule has 0 bridgehead atoms. The highest BCUT2D eigenvalue weighted by atomic mass is 16.1. The van der Waals surface area contributed by atoms with E-state index in [9.17, 15) is 4.79 Å². The van der Waals surface area contributed by atoms with Crippen LogP contribution in [0.3, 0.4) is 0 Å². The van der Waals surface area contributed by atoms with Gasteiger partial charge in [0.2, 0.25) is 5.56 Å². The van der Waals surface area contributed by atoms with E-state index in [0.29, 0.717) is 0 Å². The largest absolute Gasteiger partial charge is 0.318 e. The first-order valence-electron chi connectivity index (χ1n) is 6.76. The van der Waals surface area contributed by atoms with Crippen LogP contribution >= 0.6 is 0 Å². The van der Waals surface area contributed by atoms with Gasteiger partial charge in [-0.25, -0.2) is 0 Å². The molecule has 0 aromatic carbocycles. The van der Waals surface area contributed by atoms with E-state index in [4.69, 9.17) is 0 Å². The van der Waals surface area contributed by atoms with Crippen LogP contribution in [0.25, 0.3) is 11.1 Å². The van der Waals surface area contributed by atoms with Crippen molar-refractivity contribution in [2.24, 2.45) is 7.05 Å². The minimum Gasteiger partial charge on any atom is -0.318 e. The molecule has 106 valence electrons. The second-order valence-corrected chi connectivity index (χ2v) is 5.03. The van der Waals surface area contributed by atoms with Crippen molar-refractivity contribution in [3.8, 4) is 11.1 Å². The summed E-state index contributed by atoms with van der Waals surface area (Å²) >= 11 is 0. The van der Waals surface area contributed by atoms with Crippen LogP contribution in [0, 0.1) is 0 Å². The average Bonchev–Trinajstić information content (AvgIpc) is 3.00. The van der Waals surface area contributed by atoms with E-state index >= 15 is 0 Å². The normalized spacial score (nSPS) is 12.3. The second kappa shape index (κ2) is 5.36. The molecule has 0 spiro atoms. The van der Waals surface area contributed by atoms with Crippen LogP contribution < -0.4 is 5.56 Å². The number of hydrogen-bond acceptors (Lipinski definition) is 3. The van der Waals surface area contributed by atoms with E-state index in [-0.39, 0.29) is 11.6 Å². The molecular weight excluding hydrogens is 264 g/mol. The highest BCUT2D eigenvalue weighted by Gasteiger charge is 2.10. The van der Waals surface area contributed by atoms with Gasteiger partial charge in [-0.15, -0.1) is 0 Å². The zero-order chi connectivity index (χ0) is 14.8. The first-order valence-corrected chi connectivity index (χ1v) is 6.76. The molecule has 3 aromatic heterocycles. The van der Waals surface area contributed by atoms with Gasteiger partial charge in [0.25, 0.3) is 0 Å². The Balaban J connectivity index is 1.93. The van der Waals surface area contributed by atoms with Crippen molar-refractivity contribution in [1.82, 2.24) is 19.3 Å². The Morgan fingerprint density at radius 3 is 2.52 bits per heavy atom. The maximum atomic E-state index is 11.4. The Morgan fingerprint density at radius 1 is 1.05 bits per heavy atom. The molecule has 5 nitrogen and oxygen atoms in total. The fraction of sp³-hybridized carbons (Fsp3) is 0.188. The summed E-state index contributed by atoms with van der Waals surface area (Å²) in [5.74, 6) is 0.